The summed E-state index contributed by atoms with van der Waals surface area (Å²) in [5, 5.41) is 3.86. The highest BCUT2D eigenvalue weighted by atomic mass is 14.9. The Labute approximate surface area is 101 Å². The monoisotopic (exact) mass is 223 g/mol. The van der Waals surface area contributed by atoms with Crippen LogP contribution in [-0.2, 0) is 0 Å². The van der Waals surface area contributed by atoms with Gasteiger partial charge in [-0.15, -0.1) is 0 Å². The lowest BCUT2D eigenvalue weighted by Gasteiger charge is -2.33. The van der Waals surface area contributed by atoms with Crippen LogP contribution in [0.5, 0.6) is 0 Å². The van der Waals surface area contributed by atoms with Gasteiger partial charge in [-0.25, -0.2) is 0 Å². The van der Waals surface area contributed by atoms with Gasteiger partial charge in [-0.3, -0.25) is 0 Å². The number of hydrogen-bond donors (Lipinski definition) is 1. The van der Waals surface area contributed by atoms with Crippen molar-refractivity contribution in [3.63, 3.8) is 0 Å². The molecule has 0 radical (unpaired) electrons. The summed E-state index contributed by atoms with van der Waals surface area (Å²) in [6, 6.07) is 0.827. The zero-order valence-electron chi connectivity index (χ0n) is 11.2. The van der Waals surface area contributed by atoms with E-state index in [9.17, 15) is 0 Å². The van der Waals surface area contributed by atoms with E-state index < -0.39 is 0 Å². The molecule has 0 aromatic rings. The first-order valence-corrected chi connectivity index (χ1v) is 7.49. The molecule has 0 spiro atoms. The van der Waals surface area contributed by atoms with Crippen LogP contribution in [0.25, 0.3) is 0 Å². The summed E-state index contributed by atoms with van der Waals surface area (Å²) < 4.78 is 0. The molecular formula is C15H29N. The summed E-state index contributed by atoms with van der Waals surface area (Å²) in [4.78, 5) is 0. The summed E-state index contributed by atoms with van der Waals surface area (Å²) in [6.07, 6.45) is 11.6. The van der Waals surface area contributed by atoms with Gasteiger partial charge < -0.3 is 5.32 Å². The number of hydrogen-bond acceptors (Lipinski definition) is 1. The van der Waals surface area contributed by atoms with Crippen LogP contribution < -0.4 is 5.32 Å². The van der Waals surface area contributed by atoms with Crippen LogP contribution in [0.4, 0.5) is 0 Å². The van der Waals surface area contributed by atoms with E-state index in [1.807, 2.05) is 0 Å². The van der Waals surface area contributed by atoms with Gasteiger partial charge in [0.05, 0.1) is 0 Å². The van der Waals surface area contributed by atoms with Crippen molar-refractivity contribution >= 4 is 0 Å². The zero-order valence-corrected chi connectivity index (χ0v) is 11.2. The Morgan fingerprint density at radius 3 is 2.25 bits per heavy atom. The first kappa shape index (κ1) is 12.4. The zero-order chi connectivity index (χ0) is 11.4. The number of rotatable bonds is 3. The minimum Gasteiger partial charge on any atom is -0.313 e. The van der Waals surface area contributed by atoms with E-state index in [0.717, 1.165) is 23.8 Å². The van der Waals surface area contributed by atoms with Gasteiger partial charge in [-0.05, 0) is 50.0 Å². The van der Waals surface area contributed by atoms with E-state index >= 15 is 0 Å². The third-order valence-corrected chi connectivity index (χ3v) is 4.92. The van der Waals surface area contributed by atoms with Crippen LogP contribution >= 0.6 is 0 Å². The molecule has 0 bridgehead atoms. The van der Waals surface area contributed by atoms with Gasteiger partial charge in [0.25, 0.3) is 0 Å². The maximum atomic E-state index is 3.86. The lowest BCUT2D eigenvalue weighted by molar-refractivity contribution is 0.234. The fourth-order valence-electron chi connectivity index (χ4n) is 3.47. The van der Waals surface area contributed by atoms with Crippen molar-refractivity contribution in [2.75, 3.05) is 6.54 Å². The van der Waals surface area contributed by atoms with Crippen LogP contribution in [0.2, 0.25) is 0 Å². The second kappa shape index (κ2) is 6.05. The molecule has 0 aliphatic heterocycles. The molecule has 94 valence electrons. The quantitative estimate of drug-likeness (QED) is 0.763. The Morgan fingerprint density at radius 1 is 0.875 bits per heavy atom. The molecule has 1 nitrogen and oxygen atoms in total. The van der Waals surface area contributed by atoms with E-state index in [-0.39, 0.29) is 0 Å². The molecule has 2 saturated carbocycles. The minimum absolute atomic E-state index is 0.827. The Bertz CT molecular complexity index is 194. The highest BCUT2D eigenvalue weighted by Crippen LogP contribution is 2.29. The number of nitrogens with one attached hydrogen (secondary N) is 1. The topological polar surface area (TPSA) is 12.0 Å². The Morgan fingerprint density at radius 2 is 1.56 bits per heavy atom. The van der Waals surface area contributed by atoms with Crippen molar-refractivity contribution < 1.29 is 0 Å². The summed E-state index contributed by atoms with van der Waals surface area (Å²) in [5.41, 5.74) is 0. The van der Waals surface area contributed by atoms with E-state index in [2.05, 4.69) is 19.2 Å². The van der Waals surface area contributed by atoms with Gasteiger partial charge in [-0.1, -0.05) is 39.5 Å². The van der Waals surface area contributed by atoms with Gasteiger partial charge in [0, 0.05) is 6.04 Å². The smallest absolute Gasteiger partial charge is 0.00928 e. The van der Waals surface area contributed by atoms with Gasteiger partial charge in [0.15, 0.2) is 0 Å². The fraction of sp³-hybridized carbons (Fsp3) is 1.00. The standard InChI is InChI=1S/C15H29N/c1-12-7-9-14(10-8-12)11-16-15-6-4-3-5-13(15)2/h12-16H,3-11H2,1-2H3. The normalized spacial score (nSPS) is 40.9. The first-order chi connectivity index (χ1) is 7.75. The van der Waals surface area contributed by atoms with Crippen LogP contribution in [-0.4, -0.2) is 12.6 Å². The molecular weight excluding hydrogens is 194 g/mol. The highest BCUT2D eigenvalue weighted by Gasteiger charge is 2.23. The predicted octanol–water partition coefficient (Wildman–Crippen LogP) is 3.98. The molecule has 2 rings (SSSR count). The average Bonchev–Trinajstić information content (AvgIpc) is 2.30. The molecule has 2 aliphatic rings. The maximum Gasteiger partial charge on any atom is 0.00928 e. The molecule has 16 heavy (non-hydrogen) atoms. The highest BCUT2D eigenvalue weighted by molar-refractivity contribution is 4.80. The maximum absolute atomic E-state index is 3.86. The van der Waals surface area contributed by atoms with Crippen LogP contribution in [0, 0.1) is 17.8 Å². The van der Waals surface area contributed by atoms with Crippen molar-refractivity contribution in [3.8, 4) is 0 Å². The van der Waals surface area contributed by atoms with Crippen LogP contribution in [0.15, 0.2) is 0 Å². The Balaban J connectivity index is 1.66. The van der Waals surface area contributed by atoms with Crippen molar-refractivity contribution in [2.24, 2.45) is 17.8 Å². The summed E-state index contributed by atoms with van der Waals surface area (Å²) >= 11 is 0. The molecule has 0 amide bonds. The van der Waals surface area contributed by atoms with Gasteiger partial charge in [-0.2, -0.15) is 0 Å². The Hall–Kier alpha value is -0.0400. The minimum atomic E-state index is 0.827. The van der Waals surface area contributed by atoms with Crippen molar-refractivity contribution in [1.82, 2.24) is 5.32 Å². The van der Waals surface area contributed by atoms with Gasteiger partial charge in [0.2, 0.25) is 0 Å². The van der Waals surface area contributed by atoms with E-state index in [4.69, 9.17) is 0 Å². The third-order valence-electron chi connectivity index (χ3n) is 4.92. The van der Waals surface area contributed by atoms with Gasteiger partial charge in [0.1, 0.15) is 0 Å². The lowest BCUT2D eigenvalue weighted by Crippen LogP contribution is -2.40. The molecule has 0 aromatic heterocycles. The van der Waals surface area contributed by atoms with Crippen molar-refractivity contribution in [2.45, 2.75) is 71.3 Å². The van der Waals surface area contributed by atoms with Gasteiger partial charge >= 0.3 is 0 Å². The van der Waals surface area contributed by atoms with Crippen molar-refractivity contribution in [3.05, 3.63) is 0 Å². The first-order valence-electron chi connectivity index (χ1n) is 7.49. The van der Waals surface area contributed by atoms with E-state index in [1.165, 1.54) is 57.9 Å². The van der Waals surface area contributed by atoms with Crippen LogP contribution in [0.1, 0.15) is 65.2 Å². The summed E-state index contributed by atoms with van der Waals surface area (Å²) in [6.45, 7) is 6.13. The average molecular weight is 223 g/mol. The molecule has 0 saturated heterocycles. The molecule has 0 heterocycles. The fourth-order valence-corrected chi connectivity index (χ4v) is 3.47. The molecule has 2 unspecified atom stereocenters. The van der Waals surface area contributed by atoms with E-state index in [1.54, 1.807) is 0 Å². The van der Waals surface area contributed by atoms with Crippen LogP contribution in [0.3, 0.4) is 0 Å². The molecule has 0 aromatic carbocycles. The molecule has 1 N–H and O–H groups in total. The molecule has 1 heteroatoms. The summed E-state index contributed by atoms with van der Waals surface area (Å²) in [7, 11) is 0. The molecule has 2 fully saturated rings. The third kappa shape index (κ3) is 3.48. The molecule has 2 aliphatic carbocycles. The largest absolute Gasteiger partial charge is 0.313 e. The second-order valence-corrected chi connectivity index (χ2v) is 6.40. The summed E-state index contributed by atoms with van der Waals surface area (Å²) in [5.74, 6) is 2.88. The lowest BCUT2D eigenvalue weighted by atomic mass is 9.82. The SMILES string of the molecule is CC1CCC(CNC2CCCCC2C)CC1. The Kier molecular flexibility index (Phi) is 4.69. The van der Waals surface area contributed by atoms with Crippen molar-refractivity contribution in [1.29, 1.82) is 0 Å². The second-order valence-electron chi connectivity index (χ2n) is 6.40. The predicted molar refractivity (Wildman–Crippen MR) is 70.5 cm³/mol. The molecule has 2 atom stereocenters. The van der Waals surface area contributed by atoms with E-state index in [0.29, 0.717) is 0 Å².